The number of carbonyl (C=O) groups is 2. The van der Waals surface area contributed by atoms with Gasteiger partial charge >= 0.3 is 0 Å². The Labute approximate surface area is 209 Å². The Kier molecular flexibility index (Phi) is 9.17. The van der Waals surface area contributed by atoms with E-state index >= 15 is 0 Å². The zero-order chi connectivity index (χ0) is 26.2. The van der Waals surface area contributed by atoms with E-state index in [1.807, 2.05) is 6.07 Å². The summed E-state index contributed by atoms with van der Waals surface area (Å²) in [4.78, 5) is 31.9. The van der Waals surface area contributed by atoms with Gasteiger partial charge in [0.25, 0.3) is 5.91 Å². The number of methoxy groups -OCH3 is 2. The zero-order valence-electron chi connectivity index (χ0n) is 20.7. The van der Waals surface area contributed by atoms with E-state index < -0.39 is 11.9 Å². The molecule has 1 aliphatic heterocycles. The highest BCUT2D eigenvalue weighted by Gasteiger charge is 2.24. The van der Waals surface area contributed by atoms with Crippen LogP contribution in [0.25, 0.3) is 0 Å². The molecule has 6 N–H and O–H groups in total. The summed E-state index contributed by atoms with van der Waals surface area (Å²) in [7, 11) is 3.06. The lowest BCUT2D eigenvalue weighted by Crippen LogP contribution is -2.47. The number of hydrazine groups is 1. The quantitative estimate of drug-likeness (QED) is 0.165. The van der Waals surface area contributed by atoms with Crippen LogP contribution in [-0.2, 0) is 22.5 Å². The number of nitrogens with two attached hydrogens (primary N) is 2. The summed E-state index contributed by atoms with van der Waals surface area (Å²) in [5, 5.41) is 17.1. The number of hydrogen-bond donors (Lipinski definition) is 4. The van der Waals surface area contributed by atoms with Crippen molar-refractivity contribution in [1.82, 2.24) is 14.9 Å². The molecule has 0 saturated carbocycles. The SMILES string of the molecule is COCCC(=O)N1CCc2cc(OC)c(C(=O)Nc3cccc(/C(=N/N)N(N)C(C)CO)n3)cc2C1. The van der Waals surface area contributed by atoms with Crippen LogP contribution in [0.4, 0.5) is 5.82 Å². The van der Waals surface area contributed by atoms with Crippen LogP contribution in [0, 0.1) is 0 Å². The number of carbonyl (C=O) groups excluding carboxylic acids is 2. The first-order valence-electron chi connectivity index (χ1n) is 11.5. The van der Waals surface area contributed by atoms with Gasteiger partial charge in [-0.05, 0) is 48.7 Å². The number of anilines is 1. The number of benzene rings is 1. The summed E-state index contributed by atoms with van der Waals surface area (Å²) in [5.74, 6) is 11.9. The Bertz CT molecular complexity index is 1120. The fourth-order valence-electron chi connectivity index (χ4n) is 3.87. The molecule has 0 aliphatic carbocycles. The predicted molar refractivity (Wildman–Crippen MR) is 134 cm³/mol. The fraction of sp³-hybridized carbons (Fsp3) is 0.417. The maximum Gasteiger partial charge on any atom is 0.260 e. The first-order valence-corrected chi connectivity index (χ1v) is 11.5. The lowest BCUT2D eigenvalue weighted by atomic mass is 9.96. The molecule has 2 heterocycles. The van der Waals surface area contributed by atoms with E-state index in [0.29, 0.717) is 49.5 Å². The number of amidine groups is 1. The van der Waals surface area contributed by atoms with Crippen molar-refractivity contribution >= 4 is 23.5 Å². The van der Waals surface area contributed by atoms with E-state index in [1.54, 1.807) is 43.2 Å². The average Bonchev–Trinajstić information content (AvgIpc) is 2.90. The van der Waals surface area contributed by atoms with Gasteiger partial charge in [0, 0.05) is 20.2 Å². The predicted octanol–water partition coefficient (Wildman–Crippen LogP) is 0.441. The van der Waals surface area contributed by atoms with E-state index in [4.69, 9.17) is 21.2 Å². The second-order valence-corrected chi connectivity index (χ2v) is 8.38. The second-order valence-electron chi connectivity index (χ2n) is 8.38. The normalized spacial score (nSPS) is 14.1. The summed E-state index contributed by atoms with van der Waals surface area (Å²) < 4.78 is 10.5. The molecule has 194 valence electrons. The van der Waals surface area contributed by atoms with E-state index in [9.17, 15) is 14.7 Å². The summed E-state index contributed by atoms with van der Waals surface area (Å²) in [5.41, 5.74) is 2.55. The first-order chi connectivity index (χ1) is 17.3. The van der Waals surface area contributed by atoms with Crippen molar-refractivity contribution < 1.29 is 24.2 Å². The molecule has 0 spiro atoms. The highest BCUT2D eigenvalue weighted by atomic mass is 16.5. The molecule has 0 saturated heterocycles. The van der Waals surface area contributed by atoms with Crippen molar-refractivity contribution in [1.29, 1.82) is 0 Å². The van der Waals surface area contributed by atoms with Gasteiger partial charge in [-0.25, -0.2) is 10.8 Å². The number of amides is 2. The van der Waals surface area contributed by atoms with Gasteiger partial charge in [0.2, 0.25) is 5.91 Å². The van der Waals surface area contributed by atoms with Gasteiger partial charge in [-0.3, -0.25) is 14.6 Å². The number of hydrogen-bond acceptors (Lipinski definition) is 9. The van der Waals surface area contributed by atoms with Gasteiger partial charge < -0.3 is 30.6 Å². The van der Waals surface area contributed by atoms with Gasteiger partial charge in [-0.1, -0.05) is 6.07 Å². The molecule has 1 aromatic heterocycles. The molecule has 12 nitrogen and oxygen atoms in total. The van der Waals surface area contributed by atoms with Crippen molar-refractivity contribution in [3.05, 3.63) is 52.7 Å². The van der Waals surface area contributed by atoms with Crippen molar-refractivity contribution in [2.24, 2.45) is 16.8 Å². The molecule has 12 heteroatoms. The van der Waals surface area contributed by atoms with Crippen LogP contribution in [0.1, 0.15) is 40.5 Å². The van der Waals surface area contributed by atoms with E-state index in [1.165, 1.54) is 12.1 Å². The molecule has 0 bridgehead atoms. The van der Waals surface area contributed by atoms with Gasteiger partial charge in [-0.2, -0.15) is 5.10 Å². The number of aliphatic hydroxyl groups excluding tert-OH is 1. The number of fused-ring (bicyclic) bond motifs is 1. The maximum atomic E-state index is 13.2. The molecular weight excluding hydrogens is 466 g/mol. The molecule has 3 rings (SSSR count). The van der Waals surface area contributed by atoms with Crippen LogP contribution in [0.5, 0.6) is 5.75 Å². The third-order valence-electron chi connectivity index (χ3n) is 5.98. The van der Waals surface area contributed by atoms with Gasteiger partial charge in [0.15, 0.2) is 5.84 Å². The van der Waals surface area contributed by atoms with Crippen LogP contribution in [0.15, 0.2) is 35.4 Å². The van der Waals surface area contributed by atoms with E-state index in [0.717, 1.165) is 11.1 Å². The number of aromatic nitrogens is 1. The summed E-state index contributed by atoms with van der Waals surface area (Å²) in [6.45, 7) is 2.85. The summed E-state index contributed by atoms with van der Waals surface area (Å²) in [6, 6.07) is 8.07. The molecular formula is C24H33N7O5. The van der Waals surface area contributed by atoms with Crippen molar-refractivity contribution in [3.8, 4) is 5.75 Å². The monoisotopic (exact) mass is 499 g/mol. The number of rotatable bonds is 9. The molecule has 36 heavy (non-hydrogen) atoms. The standard InChI is InChI=1S/C24H33N7O5/c1-15(14-32)31(26)23(29-25)19-5-4-6-21(27-19)28-24(34)18-11-17-13-30(22(33)8-10-35-2)9-7-16(17)12-20(18)36-3/h4-6,11-12,15,32H,7-10,13-14,25-26H2,1-3H3,(H,27,28,34)/b29-23-. The second kappa shape index (κ2) is 12.3. The third kappa shape index (κ3) is 6.08. The minimum Gasteiger partial charge on any atom is -0.496 e. The summed E-state index contributed by atoms with van der Waals surface area (Å²) in [6.07, 6.45) is 0.974. The smallest absolute Gasteiger partial charge is 0.260 e. The number of hydrazone groups is 1. The number of nitrogens with one attached hydrogen (secondary N) is 1. The largest absolute Gasteiger partial charge is 0.496 e. The average molecular weight is 500 g/mol. The lowest BCUT2D eigenvalue weighted by Gasteiger charge is -2.29. The van der Waals surface area contributed by atoms with Gasteiger partial charge in [0.1, 0.15) is 17.3 Å². The molecule has 1 atom stereocenters. The maximum absolute atomic E-state index is 13.2. The fourth-order valence-corrected chi connectivity index (χ4v) is 3.87. The van der Waals surface area contributed by atoms with Crippen molar-refractivity contribution in [2.45, 2.75) is 32.4 Å². The highest BCUT2D eigenvalue weighted by Crippen LogP contribution is 2.29. The van der Waals surface area contributed by atoms with Crippen LogP contribution in [0.3, 0.4) is 0 Å². The van der Waals surface area contributed by atoms with Crippen molar-refractivity contribution in [2.75, 3.05) is 39.3 Å². The number of nitrogens with zero attached hydrogens (tertiary/aromatic N) is 4. The molecule has 2 amide bonds. The topological polar surface area (TPSA) is 169 Å². The van der Waals surface area contributed by atoms with Crippen LogP contribution in [-0.4, -0.2) is 77.7 Å². The molecule has 1 aliphatic rings. The molecule has 0 fully saturated rings. The molecule has 2 aromatic rings. The van der Waals surface area contributed by atoms with Crippen LogP contribution < -0.4 is 21.7 Å². The number of aliphatic hydroxyl groups is 1. The number of ether oxygens (including phenoxy) is 2. The van der Waals surface area contributed by atoms with E-state index in [2.05, 4.69) is 15.4 Å². The third-order valence-corrected chi connectivity index (χ3v) is 5.98. The van der Waals surface area contributed by atoms with Crippen molar-refractivity contribution in [3.63, 3.8) is 0 Å². The summed E-state index contributed by atoms with van der Waals surface area (Å²) >= 11 is 0. The highest BCUT2D eigenvalue weighted by molar-refractivity contribution is 6.06. The minimum absolute atomic E-state index is 0.00664. The Morgan fingerprint density at radius 2 is 2.08 bits per heavy atom. The molecule has 0 radical (unpaired) electrons. The molecule has 1 unspecified atom stereocenters. The number of pyridine rings is 1. The van der Waals surface area contributed by atoms with Crippen LogP contribution >= 0.6 is 0 Å². The minimum atomic E-state index is -0.451. The Morgan fingerprint density at radius 3 is 2.75 bits per heavy atom. The Hall–Kier alpha value is -3.74. The Balaban J connectivity index is 1.83. The van der Waals surface area contributed by atoms with Crippen LogP contribution in [0.2, 0.25) is 0 Å². The molecule has 1 aromatic carbocycles. The zero-order valence-corrected chi connectivity index (χ0v) is 20.7. The van der Waals surface area contributed by atoms with Gasteiger partial charge in [-0.15, -0.1) is 0 Å². The Morgan fingerprint density at radius 1 is 1.31 bits per heavy atom. The van der Waals surface area contributed by atoms with E-state index in [-0.39, 0.29) is 24.2 Å². The lowest BCUT2D eigenvalue weighted by molar-refractivity contribution is -0.133. The first kappa shape index (κ1) is 26.9. The van der Waals surface area contributed by atoms with Gasteiger partial charge in [0.05, 0.1) is 38.3 Å².